The second-order valence-corrected chi connectivity index (χ2v) is 9.61. The van der Waals surface area contributed by atoms with Crippen molar-refractivity contribution in [3.05, 3.63) is 65.0 Å². The lowest BCUT2D eigenvalue weighted by Crippen LogP contribution is -2.47. The van der Waals surface area contributed by atoms with Crippen LogP contribution in [0.3, 0.4) is 0 Å². The number of halogens is 1. The van der Waals surface area contributed by atoms with Gasteiger partial charge >= 0.3 is 0 Å². The van der Waals surface area contributed by atoms with Crippen molar-refractivity contribution >= 4 is 15.9 Å². The molecule has 0 bridgehead atoms. The van der Waals surface area contributed by atoms with E-state index in [1.807, 2.05) is 7.05 Å². The molecule has 2 aromatic carbocycles. The fraction of sp³-hybridized carbons (Fsp3) is 0.409. The number of carbonyl (C=O) groups excluding carboxylic acids is 1. The molecule has 1 heterocycles. The topological polar surface area (TPSA) is 69.7 Å². The predicted molar refractivity (Wildman–Crippen MR) is 114 cm³/mol. The normalized spacial score (nSPS) is 15.8. The minimum Gasteiger partial charge on any atom is -0.352 e. The average Bonchev–Trinajstić information content (AvgIpc) is 2.73. The van der Waals surface area contributed by atoms with Crippen molar-refractivity contribution in [2.75, 3.05) is 39.8 Å². The van der Waals surface area contributed by atoms with Gasteiger partial charge in [-0.3, -0.25) is 4.79 Å². The van der Waals surface area contributed by atoms with Crippen molar-refractivity contribution in [2.45, 2.75) is 24.7 Å². The van der Waals surface area contributed by atoms with Crippen molar-refractivity contribution in [3.63, 3.8) is 0 Å². The Balaban J connectivity index is 1.62. The Bertz CT molecular complexity index is 985. The first-order valence-electron chi connectivity index (χ1n) is 10.1. The number of hydrogen-bond acceptors (Lipinski definition) is 4. The molecule has 3 rings (SSSR count). The zero-order valence-electron chi connectivity index (χ0n) is 17.4. The number of sulfonamides is 1. The van der Waals surface area contributed by atoms with Crippen molar-refractivity contribution < 1.29 is 17.6 Å². The van der Waals surface area contributed by atoms with Gasteiger partial charge in [-0.2, -0.15) is 4.31 Å². The Hall–Kier alpha value is -2.29. The third-order valence-corrected chi connectivity index (χ3v) is 7.29. The largest absolute Gasteiger partial charge is 0.352 e. The molecule has 0 spiro atoms. The fourth-order valence-corrected chi connectivity index (χ4v) is 4.87. The van der Waals surface area contributed by atoms with E-state index in [1.165, 1.54) is 22.5 Å². The molecule has 0 aromatic heterocycles. The maximum atomic E-state index is 13.0. The number of amides is 1. The van der Waals surface area contributed by atoms with Crippen LogP contribution < -0.4 is 5.32 Å². The number of benzene rings is 2. The molecule has 0 atom stereocenters. The van der Waals surface area contributed by atoms with Crippen LogP contribution in [-0.4, -0.2) is 63.3 Å². The van der Waals surface area contributed by atoms with Gasteiger partial charge in [0.25, 0.3) is 5.91 Å². The lowest BCUT2D eigenvalue weighted by atomic mass is 10.1. The summed E-state index contributed by atoms with van der Waals surface area (Å²) in [5, 5.41) is 2.86. The summed E-state index contributed by atoms with van der Waals surface area (Å²) < 4.78 is 40.4. The number of carbonyl (C=O) groups is 1. The van der Waals surface area contributed by atoms with Crippen LogP contribution in [0.5, 0.6) is 0 Å². The summed E-state index contributed by atoms with van der Waals surface area (Å²) in [6.45, 7) is 4.50. The van der Waals surface area contributed by atoms with Crippen LogP contribution in [0.25, 0.3) is 0 Å². The van der Waals surface area contributed by atoms with Gasteiger partial charge in [0.05, 0.1) is 4.90 Å². The Labute approximate surface area is 177 Å². The summed E-state index contributed by atoms with van der Waals surface area (Å²) in [5.41, 5.74) is 2.09. The maximum Gasteiger partial charge on any atom is 0.251 e. The molecule has 0 radical (unpaired) electrons. The van der Waals surface area contributed by atoms with Gasteiger partial charge in [-0.05, 0) is 62.2 Å². The van der Waals surface area contributed by atoms with Crippen LogP contribution in [-0.2, 0) is 16.4 Å². The van der Waals surface area contributed by atoms with Gasteiger partial charge < -0.3 is 10.2 Å². The molecule has 0 aliphatic carbocycles. The van der Waals surface area contributed by atoms with E-state index in [4.69, 9.17) is 0 Å². The molecule has 30 heavy (non-hydrogen) atoms. The Morgan fingerprint density at radius 1 is 1.07 bits per heavy atom. The summed E-state index contributed by atoms with van der Waals surface area (Å²) in [7, 11) is -1.66. The molecule has 0 unspecified atom stereocenters. The monoisotopic (exact) mass is 433 g/mol. The van der Waals surface area contributed by atoms with E-state index in [1.54, 1.807) is 31.2 Å². The smallest absolute Gasteiger partial charge is 0.251 e. The van der Waals surface area contributed by atoms with Gasteiger partial charge in [-0.15, -0.1) is 0 Å². The molecule has 8 heteroatoms. The molecule has 162 valence electrons. The zero-order valence-corrected chi connectivity index (χ0v) is 18.2. The lowest BCUT2D eigenvalue weighted by molar-refractivity contribution is 0.0952. The number of likely N-dealkylation sites (N-methyl/N-ethyl adjacent to an activating group) is 1. The van der Waals surface area contributed by atoms with Gasteiger partial charge in [-0.1, -0.05) is 18.2 Å². The number of hydrogen-bond donors (Lipinski definition) is 1. The third kappa shape index (κ3) is 5.44. The molecule has 1 aliphatic heterocycles. The second kappa shape index (κ2) is 9.68. The van der Waals surface area contributed by atoms with E-state index in [2.05, 4.69) is 10.2 Å². The van der Waals surface area contributed by atoms with Crippen molar-refractivity contribution in [1.29, 1.82) is 0 Å². The standard InChI is InChI=1S/C22H28FN3O3S/c1-17-5-10-20(30(28,29)26-14-12-25(2)13-15-26)16-21(17)22(27)24-11-3-4-18-6-8-19(23)9-7-18/h5-10,16H,3-4,11-15H2,1-2H3,(H,24,27). The molecule has 6 nitrogen and oxygen atoms in total. The van der Waals surface area contributed by atoms with E-state index in [9.17, 15) is 17.6 Å². The summed E-state index contributed by atoms with van der Waals surface area (Å²) in [5.74, 6) is -0.559. The highest BCUT2D eigenvalue weighted by molar-refractivity contribution is 7.89. The zero-order chi connectivity index (χ0) is 21.7. The van der Waals surface area contributed by atoms with E-state index in [0.717, 1.165) is 17.5 Å². The Morgan fingerprint density at radius 3 is 2.40 bits per heavy atom. The van der Waals surface area contributed by atoms with Crippen molar-refractivity contribution in [2.24, 2.45) is 0 Å². The number of piperazine rings is 1. The van der Waals surface area contributed by atoms with Gasteiger partial charge in [0.15, 0.2) is 0 Å². The fourth-order valence-electron chi connectivity index (χ4n) is 3.42. The molecule has 1 fully saturated rings. The highest BCUT2D eigenvalue weighted by Crippen LogP contribution is 2.21. The van der Waals surface area contributed by atoms with Crippen LogP contribution in [0.1, 0.15) is 27.9 Å². The Kier molecular flexibility index (Phi) is 7.23. The van der Waals surface area contributed by atoms with Gasteiger partial charge in [0, 0.05) is 38.3 Å². The number of nitrogens with one attached hydrogen (secondary N) is 1. The third-order valence-electron chi connectivity index (χ3n) is 5.39. The molecule has 2 aromatic rings. The molecular formula is C22H28FN3O3S. The van der Waals surface area contributed by atoms with Crippen molar-refractivity contribution in [1.82, 2.24) is 14.5 Å². The first kappa shape index (κ1) is 22.4. The van der Waals surface area contributed by atoms with Crippen LogP contribution in [0, 0.1) is 12.7 Å². The van der Waals surface area contributed by atoms with Gasteiger partial charge in [-0.25, -0.2) is 12.8 Å². The Morgan fingerprint density at radius 2 is 1.73 bits per heavy atom. The van der Waals surface area contributed by atoms with E-state index in [0.29, 0.717) is 44.7 Å². The quantitative estimate of drug-likeness (QED) is 0.681. The molecule has 0 saturated carbocycles. The van der Waals surface area contributed by atoms with E-state index in [-0.39, 0.29) is 16.6 Å². The second-order valence-electron chi connectivity index (χ2n) is 7.67. The molecule has 1 N–H and O–H groups in total. The maximum absolute atomic E-state index is 13.0. The lowest BCUT2D eigenvalue weighted by Gasteiger charge is -2.31. The highest BCUT2D eigenvalue weighted by atomic mass is 32.2. The summed E-state index contributed by atoms with van der Waals surface area (Å²) in [6, 6.07) is 11.0. The first-order chi connectivity index (χ1) is 14.3. The molecule has 1 aliphatic rings. The molecule has 1 saturated heterocycles. The summed E-state index contributed by atoms with van der Waals surface area (Å²) >= 11 is 0. The van der Waals surface area contributed by atoms with Gasteiger partial charge in [0.2, 0.25) is 10.0 Å². The molecule has 1 amide bonds. The van der Waals surface area contributed by atoms with Crippen LogP contribution in [0.2, 0.25) is 0 Å². The average molecular weight is 434 g/mol. The van der Waals surface area contributed by atoms with Crippen molar-refractivity contribution in [3.8, 4) is 0 Å². The predicted octanol–water partition coefficient (Wildman–Crippen LogP) is 2.43. The van der Waals surface area contributed by atoms with E-state index < -0.39 is 10.0 Å². The summed E-state index contributed by atoms with van der Waals surface area (Å²) in [4.78, 5) is 14.9. The minimum absolute atomic E-state index is 0.147. The van der Waals surface area contributed by atoms with Crippen LogP contribution in [0.15, 0.2) is 47.4 Å². The number of nitrogens with zero attached hydrogens (tertiary/aromatic N) is 2. The van der Waals surface area contributed by atoms with Crippen LogP contribution >= 0.6 is 0 Å². The minimum atomic E-state index is -3.63. The highest BCUT2D eigenvalue weighted by Gasteiger charge is 2.28. The first-order valence-corrected chi connectivity index (χ1v) is 11.5. The van der Waals surface area contributed by atoms with E-state index >= 15 is 0 Å². The van der Waals surface area contributed by atoms with Crippen LogP contribution in [0.4, 0.5) is 4.39 Å². The summed E-state index contributed by atoms with van der Waals surface area (Å²) in [6.07, 6.45) is 1.42. The molecular weight excluding hydrogens is 405 g/mol. The SMILES string of the molecule is Cc1ccc(S(=O)(=O)N2CCN(C)CC2)cc1C(=O)NCCCc1ccc(F)cc1. The number of rotatable bonds is 7. The van der Waals surface area contributed by atoms with Gasteiger partial charge in [0.1, 0.15) is 5.82 Å². The number of aryl methyl sites for hydroxylation is 2.